The maximum Gasteiger partial charge on any atom is 0.175 e. The summed E-state index contributed by atoms with van der Waals surface area (Å²) in [4.78, 5) is 0. The van der Waals surface area contributed by atoms with Gasteiger partial charge >= 0.3 is 0 Å². The van der Waals surface area contributed by atoms with Gasteiger partial charge in [-0.3, -0.25) is 0 Å². The summed E-state index contributed by atoms with van der Waals surface area (Å²) in [5.74, 6) is -0.0403. The fraction of sp³-hybridized carbons (Fsp3) is 0.0667. The van der Waals surface area contributed by atoms with Crippen LogP contribution in [0.15, 0.2) is 60.0 Å². The largest absolute Gasteiger partial charge is 0.399 e. The molecule has 0 fully saturated rings. The average molecular weight is 273 g/mol. The van der Waals surface area contributed by atoms with Crippen molar-refractivity contribution in [3.8, 4) is 0 Å². The van der Waals surface area contributed by atoms with Gasteiger partial charge in [0.05, 0.1) is 5.75 Å². The highest BCUT2D eigenvalue weighted by Gasteiger charge is 2.07. The molecule has 0 atom stereocenters. The van der Waals surface area contributed by atoms with Crippen molar-refractivity contribution < 1.29 is 8.42 Å². The van der Waals surface area contributed by atoms with Crippen molar-refractivity contribution in [2.45, 2.75) is 5.75 Å². The predicted octanol–water partition coefficient (Wildman–Crippen LogP) is 2.85. The molecule has 4 heteroatoms. The number of rotatable bonds is 4. The van der Waals surface area contributed by atoms with Gasteiger partial charge in [-0.1, -0.05) is 42.5 Å². The van der Waals surface area contributed by atoms with Crippen LogP contribution >= 0.6 is 0 Å². The summed E-state index contributed by atoms with van der Waals surface area (Å²) in [6.45, 7) is 0. The highest BCUT2D eigenvalue weighted by Crippen LogP contribution is 2.12. The van der Waals surface area contributed by atoms with Gasteiger partial charge in [-0.25, -0.2) is 8.42 Å². The van der Waals surface area contributed by atoms with E-state index in [4.69, 9.17) is 5.73 Å². The Hall–Kier alpha value is -2.07. The van der Waals surface area contributed by atoms with Gasteiger partial charge in [-0.2, -0.15) is 0 Å². The van der Waals surface area contributed by atoms with Crippen molar-refractivity contribution in [2.24, 2.45) is 0 Å². The number of hydrogen-bond donors (Lipinski definition) is 1. The van der Waals surface area contributed by atoms with Gasteiger partial charge in [0.15, 0.2) is 9.84 Å². The first-order chi connectivity index (χ1) is 9.05. The van der Waals surface area contributed by atoms with Crippen molar-refractivity contribution in [3.05, 3.63) is 71.1 Å². The van der Waals surface area contributed by atoms with Crippen LogP contribution < -0.4 is 5.73 Å². The van der Waals surface area contributed by atoms with Crippen LogP contribution in [0.25, 0.3) is 6.08 Å². The van der Waals surface area contributed by atoms with Gasteiger partial charge < -0.3 is 5.73 Å². The van der Waals surface area contributed by atoms with E-state index in [1.807, 2.05) is 30.3 Å². The Morgan fingerprint density at radius 2 is 1.74 bits per heavy atom. The lowest BCUT2D eigenvalue weighted by Crippen LogP contribution is -2.00. The minimum absolute atomic E-state index is 0.0403. The molecule has 0 amide bonds. The first-order valence-corrected chi connectivity index (χ1v) is 7.57. The van der Waals surface area contributed by atoms with Gasteiger partial charge in [-0.15, -0.1) is 0 Å². The Kier molecular flexibility index (Phi) is 4.02. The lowest BCUT2D eigenvalue weighted by atomic mass is 10.2. The molecule has 0 saturated carbocycles. The van der Waals surface area contributed by atoms with Crippen LogP contribution in [-0.2, 0) is 15.6 Å². The zero-order valence-electron chi connectivity index (χ0n) is 10.4. The SMILES string of the molecule is Nc1cccc(CS(=O)(=O)C=Cc2ccccc2)c1. The van der Waals surface area contributed by atoms with E-state index in [1.165, 1.54) is 5.41 Å². The van der Waals surface area contributed by atoms with Crippen LogP contribution in [-0.4, -0.2) is 8.42 Å². The maximum absolute atomic E-state index is 12.0. The monoisotopic (exact) mass is 273 g/mol. The molecule has 2 aromatic rings. The fourth-order valence-corrected chi connectivity index (χ4v) is 2.81. The second-order valence-electron chi connectivity index (χ2n) is 4.27. The molecule has 3 nitrogen and oxygen atoms in total. The summed E-state index contributed by atoms with van der Waals surface area (Å²) >= 11 is 0. The number of hydrogen-bond acceptors (Lipinski definition) is 3. The van der Waals surface area contributed by atoms with E-state index < -0.39 is 9.84 Å². The third-order valence-corrected chi connectivity index (χ3v) is 3.87. The molecule has 2 aromatic carbocycles. The first-order valence-electron chi connectivity index (χ1n) is 5.85. The first kappa shape index (κ1) is 13.4. The lowest BCUT2D eigenvalue weighted by molar-refractivity contribution is 0.604. The molecular formula is C15H15NO2S. The van der Waals surface area contributed by atoms with Crippen LogP contribution in [0.1, 0.15) is 11.1 Å². The zero-order valence-corrected chi connectivity index (χ0v) is 11.2. The zero-order chi connectivity index (χ0) is 13.7. The number of benzene rings is 2. The molecule has 0 aliphatic carbocycles. The lowest BCUT2D eigenvalue weighted by Gasteiger charge is -2.01. The Balaban J connectivity index is 2.13. The number of nitrogen functional groups attached to an aromatic ring is 1. The van der Waals surface area contributed by atoms with E-state index in [-0.39, 0.29) is 5.75 Å². The number of sulfone groups is 1. The van der Waals surface area contributed by atoms with E-state index in [2.05, 4.69) is 0 Å². The minimum atomic E-state index is -3.29. The summed E-state index contributed by atoms with van der Waals surface area (Å²) in [6, 6.07) is 16.2. The molecule has 0 spiro atoms. The van der Waals surface area contributed by atoms with E-state index in [0.29, 0.717) is 11.3 Å². The summed E-state index contributed by atoms with van der Waals surface area (Å²) < 4.78 is 23.9. The molecule has 0 heterocycles. The molecule has 2 rings (SSSR count). The second-order valence-corrected chi connectivity index (χ2v) is 6.15. The number of nitrogens with two attached hydrogens (primary N) is 1. The molecule has 98 valence electrons. The van der Waals surface area contributed by atoms with E-state index in [1.54, 1.807) is 30.3 Å². The van der Waals surface area contributed by atoms with Crippen molar-refractivity contribution in [3.63, 3.8) is 0 Å². The predicted molar refractivity (Wildman–Crippen MR) is 79.0 cm³/mol. The van der Waals surface area contributed by atoms with E-state index in [9.17, 15) is 8.42 Å². The van der Waals surface area contributed by atoms with Crippen molar-refractivity contribution in [2.75, 3.05) is 5.73 Å². The van der Waals surface area contributed by atoms with Crippen molar-refractivity contribution in [1.82, 2.24) is 0 Å². The molecule has 19 heavy (non-hydrogen) atoms. The van der Waals surface area contributed by atoms with Gasteiger partial charge in [-0.05, 0) is 29.3 Å². The summed E-state index contributed by atoms with van der Waals surface area (Å²) in [7, 11) is -3.29. The highest BCUT2D eigenvalue weighted by molar-refractivity contribution is 7.93. The minimum Gasteiger partial charge on any atom is -0.399 e. The maximum atomic E-state index is 12.0. The second kappa shape index (κ2) is 5.71. The van der Waals surface area contributed by atoms with E-state index >= 15 is 0 Å². The van der Waals surface area contributed by atoms with Gasteiger partial charge in [0.1, 0.15) is 0 Å². The average Bonchev–Trinajstić information content (AvgIpc) is 2.37. The number of anilines is 1. The Bertz CT molecular complexity index is 676. The summed E-state index contributed by atoms with van der Waals surface area (Å²) in [5.41, 5.74) is 7.75. The van der Waals surface area contributed by atoms with Crippen molar-refractivity contribution in [1.29, 1.82) is 0 Å². The van der Waals surface area contributed by atoms with Crippen LogP contribution in [0.3, 0.4) is 0 Å². The Labute approximate surface area is 113 Å². The molecule has 2 N–H and O–H groups in total. The summed E-state index contributed by atoms with van der Waals surface area (Å²) in [5, 5.41) is 1.24. The quantitative estimate of drug-likeness (QED) is 0.871. The topological polar surface area (TPSA) is 60.2 Å². The van der Waals surface area contributed by atoms with Gasteiger partial charge in [0.2, 0.25) is 0 Å². The smallest absolute Gasteiger partial charge is 0.175 e. The van der Waals surface area contributed by atoms with Crippen LogP contribution in [0.2, 0.25) is 0 Å². The standard InChI is InChI=1S/C15H15NO2S/c16-15-8-4-7-14(11-15)12-19(17,18)10-9-13-5-2-1-3-6-13/h1-11H,12,16H2. The van der Waals surface area contributed by atoms with Crippen molar-refractivity contribution >= 4 is 21.6 Å². The molecule has 0 aromatic heterocycles. The normalized spacial score (nSPS) is 11.8. The molecule has 0 bridgehead atoms. The van der Waals surface area contributed by atoms with Crippen LogP contribution in [0, 0.1) is 0 Å². The molecule has 0 radical (unpaired) electrons. The van der Waals surface area contributed by atoms with Gasteiger partial charge in [0, 0.05) is 11.1 Å². The molecule has 0 unspecified atom stereocenters. The highest BCUT2D eigenvalue weighted by atomic mass is 32.2. The molecule has 0 aliphatic heterocycles. The molecule has 0 aliphatic rings. The Morgan fingerprint density at radius 3 is 2.42 bits per heavy atom. The molecule has 0 saturated heterocycles. The Morgan fingerprint density at radius 1 is 1.00 bits per heavy atom. The third-order valence-electron chi connectivity index (χ3n) is 2.59. The third kappa shape index (κ3) is 4.26. The van der Waals surface area contributed by atoms with Gasteiger partial charge in [0.25, 0.3) is 0 Å². The summed E-state index contributed by atoms with van der Waals surface area (Å²) in [6.07, 6.45) is 1.60. The van der Waals surface area contributed by atoms with Crippen LogP contribution in [0.5, 0.6) is 0 Å². The molecular weight excluding hydrogens is 258 g/mol. The fourth-order valence-electron chi connectivity index (χ4n) is 1.71. The van der Waals surface area contributed by atoms with Crippen LogP contribution in [0.4, 0.5) is 5.69 Å². The van der Waals surface area contributed by atoms with E-state index in [0.717, 1.165) is 5.56 Å².